The molecule has 0 spiro atoms. The summed E-state index contributed by atoms with van der Waals surface area (Å²) in [5.74, 6) is -0.503. The fourth-order valence-corrected chi connectivity index (χ4v) is 3.25. The number of rotatable bonds is 6. The highest BCUT2D eigenvalue weighted by atomic mass is 35.5. The molecule has 0 radical (unpaired) electrons. The first-order chi connectivity index (χ1) is 14.3. The Morgan fingerprint density at radius 3 is 2.47 bits per heavy atom. The van der Waals surface area contributed by atoms with Crippen LogP contribution in [0.3, 0.4) is 0 Å². The average molecular weight is 427 g/mol. The van der Waals surface area contributed by atoms with Crippen LogP contribution in [0.1, 0.15) is 46.2 Å². The largest absolute Gasteiger partial charge is 0.322 e. The standard InChI is InChI=1S/C22H23ClN4O3/c1-14(2)20-19(13-24-27(20)18-7-5-6-16(23)12-18)21(28)25-17-10-8-15(9-11-17)22(29)26(3)30-4/h5-14H,1-4H3,(H,25,28). The monoisotopic (exact) mass is 426 g/mol. The number of aromatic nitrogens is 2. The zero-order chi connectivity index (χ0) is 21.8. The molecule has 2 amide bonds. The summed E-state index contributed by atoms with van der Waals surface area (Å²) in [6, 6.07) is 13.9. The number of benzene rings is 2. The fraction of sp³-hybridized carbons (Fsp3) is 0.227. The highest BCUT2D eigenvalue weighted by Crippen LogP contribution is 2.25. The van der Waals surface area contributed by atoms with Crippen molar-refractivity contribution in [2.24, 2.45) is 0 Å². The van der Waals surface area contributed by atoms with Gasteiger partial charge in [0.05, 0.1) is 30.3 Å². The summed E-state index contributed by atoms with van der Waals surface area (Å²) >= 11 is 6.11. The Bertz CT molecular complexity index is 1060. The molecule has 1 heterocycles. The molecule has 3 rings (SSSR count). The second kappa shape index (κ2) is 9.11. The van der Waals surface area contributed by atoms with Gasteiger partial charge in [-0.3, -0.25) is 14.4 Å². The van der Waals surface area contributed by atoms with Crippen molar-refractivity contribution in [2.45, 2.75) is 19.8 Å². The van der Waals surface area contributed by atoms with Gasteiger partial charge >= 0.3 is 0 Å². The zero-order valence-electron chi connectivity index (χ0n) is 17.2. The van der Waals surface area contributed by atoms with Crippen LogP contribution in [0.5, 0.6) is 0 Å². The van der Waals surface area contributed by atoms with Crippen LogP contribution in [-0.4, -0.2) is 40.8 Å². The molecular weight excluding hydrogens is 404 g/mol. The summed E-state index contributed by atoms with van der Waals surface area (Å²) in [7, 11) is 2.95. The number of amides is 2. The summed E-state index contributed by atoms with van der Waals surface area (Å²) in [4.78, 5) is 29.9. The minimum absolute atomic E-state index is 0.0526. The molecule has 3 aromatic rings. The van der Waals surface area contributed by atoms with Crippen molar-refractivity contribution in [3.05, 3.63) is 76.6 Å². The molecule has 0 aliphatic heterocycles. The Hall–Kier alpha value is -3.16. The lowest BCUT2D eigenvalue weighted by Gasteiger charge is -2.14. The number of carbonyl (C=O) groups is 2. The maximum Gasteiger partial charge on any atom is 0.277 e. The Labute approximate surface area is 180 Å². The average Bonchev–Trinajstić information content (AvgIpc) is 3.19. The van der Waals surface area contributed by atoms with Gasteiger partial charge in [-0.1, -0.05) is 31.5 Å². The summed E-state index contributed by atoms with van der Waals surface area (Å²) < 4.78 is 1.73. The summed E-state index contributed by atoms with van der Waals surface area (Å²) in [5.41, 5.74) is 3.07. The number of halogens is 1. The highest BCUT2D eigenvalue weighted by Gasteiger charge is 2.21. The molecule has 0 atom stereocenters. The molecule has 0 saturated carbocycles. The molecule has 1 N–H and O–H groups in total. The number of anilines is 1. The molecule has 2 aromatic carbocycles. The van der Waals surface area contributed by atoms with Crippen LogP contribution in [0.2, 0.25) is 5.02 Å². The Kier molecular flexibility index (Phi) is 6.54. The predicted octanol–water partition coefficient (Wildman–Crippen LogP) is 4.53. The highest BCUT2D eigenvalue weighted by molar-refractivity contribution is 6.30. The zero-order valence-corrected chi connectivity index (χ0v) is 18.0. The van der Waals surface area contributed by atoms with Crippen LogP contribution < -0.4 is 5.32 Å². The van der Waals surface area contributed by atoms with Crippen molar-refractivity contribution >= 4 is 29.1 Å². The molecule has 30 heavy (non-hydrogen) atoms. The third-order valence-corrected chi connectivity index (χ3v) is 4.84. The van der Waals surface area contributed by atoms with Gasteiger partial charge in [0.1, 0.15) is 0 Å². The summed E-state index contributed by atoms with van der Waals surface area (Å²) in [6.07, 6.45) is 1.55. The molecule has 156 valence electrons. The van der Waals surface area contributed by atoms with Crippen LogP contribution in [0.25, 0.3) is 5.69 Å². The number of hydrogen-bond donors (Lipinski definition) is 1. The van der Waals surface area contributed by atoms with Gasteiger partial charge in [-0.05, 0) is 48.4 Å². The van der Waals surface area contributed by atoms with Gasteiger partial charge in [0.25, 0.3) is 11.8 Å². The molecule has 7 nitrogen and oxygen atoms in total. The maximum atomic E-state index is 12.9. The van der Waals surface area contributed by atoms with E-state index in [9.17, 15) is 9.59 Å². The second-order valence-corrected chi connectivity index (χ2v) is 7.44. The second-order valence-electron chi connectivity index (χ2n) is 7.01. The lowest BCUT2D eigenvalue weighted by Crippen LogP contribution is -2.25. The van der Waals surface area contributed by atoms with Crippen molar-refractivity contribution in [3.63, 3.8) is 0 Å². The van der Waals surface area contributed by atoms with Crippen LogP contribution >= 0.6 is 11.6 Å². The van der Waals surface area contributed by atoms with E-state index >= 15 is 0 Å². The van der Waals surface area contributed by atoms with Crippen LogP contribution in [-0.2, 0) is 4.84 Å². The molecule has 0 aliphatic carbocycles. The first kappa shape index (κ1) is 21.5. The smallest absolute Gasteiger partial charge is 0.277 e. The van der Waals surface area contributed by atoms with Crippen LogP contribution in [0.15, 0.2) is 54.7 Å². The molecule has 0 fully saturated rings. The predicted molar refractivity (Wildman–Crippen MR) is 116 cm³/mol. The molecule has 0 saturated heterocycles. The molecule has 1 aromatic heterocycles. The lowest BCUT2D eigenvalue weighted by atomic mass is 10.0. The number of hydroxylamine groups is 2. The Morgan fingerprint density at radius 2 is 1.87 bits per heavy atom. The van der Waals surface area contributed by atoms with Gasteiger partial charge in [0.15, 0.2) is 0 Å². The third kappa shape index (κ3) is 4.53. The van der Waals surface area contributed by atoms with E-state index in [1.165, 1.54) is 14.2 Å². The SMILES string of the molecule is CON(C)C(=O)c1ccc(NC(=O)c2cnn(-c3cccc(Cl)c3)c2C(C)C)cc1. The molecule has 8 heteroatoms. The van der Waals surface area contributed by atoms with Crippen LogP contribution in [0, 0.1) is 0 Å². The number of nitrogens with zero attached hydrogens (tertiary/aromatic N) is 3. The van der Waals surface area contributed by atoms with Crippen molar-refractivity contribution < 1.29 is 14.4 Å². The normalized spacial score (nSPS) is 10.9. The van der Waals surface area contributed by atoms with E-state index < -0.39 is 0 Å². The van der Waals surface area contributed by atoms with Gasteiger partial charge in [-0.25, -0.2) is 9.75 Å². The molecular formula is C22H23ClN4O3. The van der Waals surface area contributed by atoms with Crippen molar-refractivity contribution in [1.82, 2.24) is 14.8 Å². The molecule has 0 aliphatic rings. The number of nitrogens with one attached hydrogen (secondary N) is 1. The number of hydrogen-bond acceptors (Lipinski definition) is 4. The van der Waals surface area contributed by atoms with Crippen molar-refractivity contribution in [2.75, 3.05) is 19.5 Å². The van der Waals surface area contributed by atoms with E-state index in [1.54, 1.807) is 47.3 Å². The van der Waals surface area contributed by atoms with Gasteiger partial charge in [0, 0.05) is 23.3 Å². The van der Waals surface area contributed by atoms with E-state index in [2.05, 4.69) is 10.4 Å². The van der Waals surface area contributed by atoms with Crippen molar-refractivity contribution in [1.29, 1.82) is 0 Å². The van der Waals surface area contributed by atoms with Gasteiger partial charge in [-0.2, -0.15) is 5.10 Å². The summed E-state index contributed by atoms with van der Waals surface area (Å²) in [5, 5.41) is 9.00. The Balaban J connectivity index is 1.85. The van der Waals surface area contributed by atoms with E-state index in [0.29, 0.717) is 21.8 Å². The quantitative estimate of drug-likeness (QED) is 0.587. The third-order valence-electron chi connectivity index (χ3n) is 4.60. The first-order valence-corrected chi connectivity index (χ1v) is 9.77. The van der Waals surface area contributed by atoms with Crippen molar-refractivity contribution in [3.8, 4) is 5.69 Å². The van der Waals surface area contributed by atoms with Crippen LogP contribution in [0.4, 0.5) is 5.69 Å². The fourth-order valence-electron chi connectivity index (χ4n) is 3.06. The van der Waals surface area contributed by atoms with E-state index in [4.69, 9.17) is 16.4 Å². The topological polar surface area (TPSA) is 76.5 Å². The van der Waals surface area contributed by atoms with Gasteiger partial charge < -0.3 is 5.32 Å². The summed E-state index contributed by atoms with van der Waals surface area (Å²) in [6.45, 7) is 4.00. The number of carbonyl (C=O) groups excluding carboxylic acids is 2. The molecule has 0 bridgehead atoms. The van der Waals surface area contributed by atoms with E-state index in [1.807, 2.05) is 26.0 Å². The lowest BCUT2D eigenvalue weighted by molar-refractivity contribution is -0.0756. The minimum Gasteiger partial charge on any atom is -0.322 e. The Morgan fingerprint density at radius 1 is 1.17 bits per heavy atom. The van der Waals surface area contributed by atoms with E-state index in [0.717, 1.165) is 16.4 Å². The van der Waals surface area contributed by atoms with E-state index in [-0.39, 0.29) is 17.7 Å². The first-order valence-electron chi connectivity index (χ1n) is 9.39. The van der Waals surface area contributed by atoms with Gasteiger partial charge in [0.2, 0.25) is 0 Å². The maximum absolute atomic E-state index is 12.9. The minimum atomic E-state index is -0.278. The molecule has 0 unspecified atom stereocenters. The van der Waals surface area contributed by atoms with Gasteiger partial charge in [-0.15, -0.1) is 0 Å².